The highest BCUT2D eigenvalue weighted by molar-refractivity contribution is 7.18. The predicted molar refractivity (Wildman–Crippen MR) is 85.2 cm³/mol. The molecule has 0 aliphatic rings. The molecule has 1 aromatic heterocycles. The molecule has 0 saturated heterocycles. The van der Waals surface area contributed by atoms with Gasteiger partial charge in [0.15, 0.2) is 5.13 Å². The van der Waals surface area contributed by atoms with Gasteiger partial charge in [-0.25, -0.2) is 4.98 Å². The van der Waals surface area contributed by atoms with E-state index >= 15 is 0 Å². The van der Waals surface area contributed by atoms with E-state index in [9.17, 15) is 9.59 Å². The molecule has 1 rings (SSSR count). The van der Waals surface area contributed by atoms with E-state index in [4.69, 9.17) is 11.5 Å². The molecule has 0 saturated carbocycles. The first-order chi connectivity index (χ1) is 9.85. The van der Waals surface area contributed by atoms with Crippen LogP contribution in [0.2, 0.25) is 0 Å². The average molecular weight is 313 g/mol. The van der Waals surface area contributed by atoms with Crippen LogP contribution in [0.1, 0.15) is 36.9 Å². The third-order valence-corrected chi connectivity index (χ3v) is 3.61. The van der Waals surface area contributed by atoms with Crippen molar-refractivity contribution in [1.29, 1.82) is 0 Å². The van der Waals surface area contributed by atoms with E-state index in [-0.39, 0.29) is 24.2 Å². The van der Waals surface area contributed by atoms with E-state index in [1.807, 2.05) is 20.8 Å². The van der Waals surface area contributed by atoms with Crippen molar-refractivity contribution in [3.8, 4) is 0 Å². The highest BCUT2D eigenvalue weighted by atomic mass is 32.1. The van der Waals surface area contributed by atoms with Crippen LogP contribution >= 0.6 is 11.3 Å². The topological polar surface area (TPSA) is 114 Å². The standard InChI is InChI=1S/C13H23N5O2S/c1-4-5-16-13-17-11(15)10(21-13)12(20)18(6-8(2)3)7-9(14)19/h8H,4-7,15H2,1-3H3,(H2,14,19)(H,16,17). The number of aromatic nitrogens is 1. The lowest BCUT2D eigenvalue weighted by Crippen LogP contribution is -2.40. The lowest BCUT2D eigenvalue weighted by Gasteiger charge is -2.22. The fourth-order valence-electron chi connectivity index (χ4n) is 1.78. The Morgan fingerprint density at radius 3 is 2.62 bits per heavy atom. The van der Waals surface area contributed by atoms with Gasteiger partial charge in [-0.3, -0.25) is 9.59 Å². The largest absolute Gasteiger partial charge is 0.382 e. The molecule has 118 valence electrons. The van der Waals surface area contributed by atoms with E-state index in [1.54, 1.807) is 0 Å². The summed E-state index contributed by atoms with van der Waals surface area (Å²) in [7, 11) is 0. The number of nitrogens with zero attached hydrogens (tertiary/aromatic N) is 2. The number of nitrogen functional groups attached to an aromatic ring is 1. The number of carbonyl (C=O) groups is 2. The van der Waals surface area contributed by atoms with Crippen LogP contribution in [0.3, 0.4) is 0 Å². The van der Waals surface area contributed by atoms with Crippen molar-refractivity contribution >= 4 is 34.1 Å². The summed E-state index contributed by atoms with van der Waals surface area (Å²) in [5.41, 5.74) is 11.0. The Kier molecular flexibility index (Phi) is 6.41. The summed E-state index contributed by atoms with van der Waals surface area (Å²) in [6.07, 6.45) is 0.948. The number of amides is 2. The first-order valence-corrected chi connectivity index (χ1v) is 7.74. The maximum absolute atomic E-state index is 12.5. The minimum Gasteiger partial charge on any atom is -0.382 e. The SMILES string of the molecule is CCCNc1nc(N)c(C(=O)N(CC(N)=O)CC(C)C)s1. The summed E-state index contributed by atoms with van der Waals surface area (Å²) in [5.74, 6) is -0.444. The van der Waals surface area contributed by atoms with Gasteiger partial charge in [0.05, 0.1) is 6.54 Å². The van der Waals surface area contributed by atoms with Crippen molar-refractivity contribution in [2.75, 3.05) is 30.7 Å². The Hall–Kier alpha value is -1.83. The highest BCUT2D eigenvalue weighted by Crippen LogP contribution is 2.26. The van der Waals surface area contributed by atoms with Crippen LogP contribution < -0.4 is 16.8 Å². The molecule has 0 unspecified atom stereocenters. The predicted octanol–water partition coefficient (Wildman–Crippen LogP) is 1.13. The Morgan fingerprint density at radius 1 is 1.43 bits per heavy atom. The number of rotatable bonds is 8. The molecular formula is C13H23N5O2S. The molecular weight excluding hydrogens is 290 g/mol. The maximum Gasteiger partial charge on any atom is 0.268 e. The summed E-state index contributed by atoms with van der Waals surface area (Å²) in [4.78, 5) is 29.5. The smallest absolute Gasteiger partial charge is 0.268 e. The number of thiazole rings is 1. The number of hydrogen-bond donors (Lipinski definition) is 3. The summed E-state index contributed by atoms with van der Waals surface area (Å²) in [6.45, 7) is 7.05. The molecule has 1 aromatic rings. The van der Waals surface area contributed by atoms with Gasteiger partial charge in [-0.1, -0.05) is 32.1 Å². The minimum atomic E-state index is -0.545. The van der Waals surface area contributed by atoms with E-state index in [0.29, 0.717) is 16.6 Å². The quantitative estimate of drug-likeness (QED) is 0.665. The molecule has 21 heavy (non-hydrogen) atoms. The monoisotopic (exact) mass is 313 g/mol. The summed E-state index contributed by atoms with van der Waals surface area (Å²) in [6, 6.07) is 0. The number of carbonyl (C=O) groups excluding carboxylic acids is 2. The zero-order chi connectivity index (χ0) is 16.0. The Morgan fingerprint density at radius 2 is 2.10 bits per heavy atom. The summed E-state index contributed by atoms with van der Waals surface area (Å²) < 4.78 is 0. The second-order valence-corrected chi connectivity index (χ2v) is 6.21. The molecule has 7 nitrogen and oxygen atoms in total. The molecule has 0 spiro atoms. The zero-order valence-corrected chi connectivity index (χ0v) is 13.5. The second-order valence-electron chi connectivity index (χ2n) is 5.21. The fraction of sp³-hybridized carbons (Fsp3) is 0.615. The average Bonchev–Trinajstić information content (AvgIpc) is 2.74. The van der Waals surface area contributed by atoms with Crippen molar-refractivity contribution in [3.05, 3.63) is 4.88 Å². The molecule has 8 heteroatoms. The van der Waals surface area contributed by atoms with Gasteiger partial charge in [-0.05, 0) is 12.3 Å². The third-order valence-electron chi connectivity index (χ3n) is 2.59. The van der Waals surface area contributed by atoms with Gasteiger partial charge in [-0.15, -0.1) is 0 Å². The minimum absolute atomic E-state index is 0.119. The number of primary amides is 1. The molecule has 0 aliphatic carbocycles. The van der Waals surface area contributed by atoms with Gasteiger partial charge in [0, 0.05) is 13.1 Å². The molecule has 0 aliphatic heterocycles. The molecule has 0 atom stereocenters. The van der Waals surface area contributed by atoms with Crippen LogP contribution in [0.5, 0.6) is 0 Å². The van der Waals surface area contributed by atoms with Gasteiger partial charge in [0.25, 0.3) is 5.91 Å². The van der Waals surface area contributed by atoms with Crippen LogP contribution in [0.25, 0.3) is 0 Å². The van der Waals surface area contributed by atoms with E-state index < -0.39 is 5.91 Å². The van der Waals surface area contributed by atoms with Crippen molar-refractivity contribution in [3.63, 3.8) is 0 Å². The van der Waals surface area contributed by atoms with Gasteiger partial charge >= 0.3 is 0 Å². The van der Waals surface area contributed by atoms with Gasteiger partial charge in [-0.2, -0.15) is 0 Å². The molecule has 5 N–H and O–H groups in total. The number of nitrogens with two attached hydrogens (primary N) is 2. The van der Waals surface area contributed by atoms with E-state index in [0.717, 1.165) is 13.0 Å². The number of anilines is 2. The van der Waals surface area contributed by atoms with Crippen LogP contribution in [0.4, 0.5) is 10.9 Å². The molecule has 0 aromatic carbocycles. The Bertz CT molecular complexity index is 501. The van der Waals surface area contributed by atoms with Crippen molar-refractivity contribution in [2.24, 2.45) is 11.7 Å². The van der Waals surface area contributed by atoms with Crippen LogP contribution in [0, 0.1) is 5.92 Å². The highest BCUT2D eigenvalue weighted by Gasteiger charge is 2.24. The van der Waals surface area contributed by atoms with E-state index in [1.165, 1.54) is 16.2 Å². The second kappa shape index (κ2) is 7.82. The van der Waals surface area contributed by atoms with Crippen molar-refractivity contribution in [1.82, 2.24) is 9.88 Å². The maximum atomic E-state index is 12.5. The lowest BCUT2D eigenvalue weighted by atomic mass is 10.2. The third kappa shape index (κ3) is 5.22. The molecule has 0 fully saturated rings. The number of nitrogens with one attached hydrogen (secondary N) is 1. The summed E-state index contributed by atoms with van der Waals surface area (Å²) >= 11 is 1.20. The zero-order valence-electron chi connectivity index (χ0n) is 12.7. The van der Waals surface area contributed by atoms with Gasteiger partial charge in [0.2, 0.25) is 5.91 Å². The first-order valence-electron chi connectivity index (χ1n) is 6.92. The van der Waals surface area contributed by atoms with Crippen molar-refractivity contribution < 1.29 is 9.59 Å². The first kappa shape index (κ1) is 17.2. The molecule has 0 bridgehead atoms. The van der Waals surface area contributed by atoms with Gasteiger partial charge in [0.1, 0.15) is 10.7 Å². The van der Waals surface area contributed by atoms with Crippen LogP contribution in [0.15, 0.2) is 0 Å². The van der Waals surface area contributed by atoms with Crippen LogP contribution in [-0.4, -0.2) is 41.3 Å². The fourth-order valence-corrected chi connectivity index (χ4v) is 2.66. The van der Waals surface area contributed by atoms with Crippen LogP contribution in [-0.2, 0) is 4.79 Å². The van der Waals surface area contributed by atoms with Gasteiger partial charge < -0.3 is 21.7 Å². The Balaban J connectivity index is 2.91. The summed E-state index contributed by atoms with van der Waals surface area (Å²) in [5, 5.41) is 3.71. The molecule has 0 radical (unpaired) electrons. The normalized spacial score (nSPS) is 10.7. The molecule has 1 heterocycles. The van der Waals surface area contributed by atoms with E-state index in [2.05, 4.69) is 10.3 Å². The molecule has 2 amide bonds. The lowest BCUT2D eigenvalue weighted by molar-refractivity contribution is -0.118. The van der Waals surface area contributed by atoms with Crippen molar-refractivity contribution in [2.45, 2.75) is 27.2 Å². The Labute approximate surface area is 128 Å². The number of hydrogen-bond acceptors (Lipinski definition) is 6.